The fraction of sp³-hybridized carbons (Fsp3) is 0.273. The number of nitriles is 1. The van der Waals surface area contributed by atoms with E-state index >= 15 is 0 Å². The second-order valence-electron chi connectivity index (χ2n) is 6.96. The number of carbonyl (C=O) groups excluding carboxylic acids is 1. The maximum atomic E-state index is 12.9. The van der Waals surface area contributed by atoms with Crippen molar-refractivity contribution in [3.05, 3.63) is 70.9 Å². The lowest BCUT2D eigenvalue weighted by Crippen LogP contribution is -2.40. The lowest BCUT2D eigenvalue weighted by Gasteiger charge is -2.26. The maximum absolute atomic E-state index is 12.9. The summed E-state index contributed by atoms with van der Waals surface area (Å²) in [5.41, 5.74) is 1.18. The number of nitrogens with zero attached hydrogens (tertiary/aromatic N) is 2. The van der Waals surface area contributed by atoms with E-state index in [2.05, 4.69) is 10.6 Å². The summed E-state index contributed by atoms with van der Waals surface area (Å²) >= 11 is 6.19. The lowest BCUT2D eigenvalue weighted by atomic mass is 10.1. The smallest absolute Gasteiger partial charge is 0.263 e. The molecular weight excluding hydrogens is 452 g/mol. The molecule has 0 spiro atoms. The van der Waals surface area contributed by atoms with E-state index in [4.69, 9.17) is 16.3 Å². The minimum Gasteiger partial charge on any atom is -0.379 e. The number of amides is 1. The topological polar surface area (TPSA) is 112 Å². The number of carbonyl (C=O) groups is 1. The largest absolute Gasteiger partial charge is 0.379 e. The van der Waals surface area contributed by atoms with Crippen molar-refractivity contribution in [2.24, 2.45) is 0 Å². The number of anilines is 1. The summed E-state index contributed by atoms with van der Waals surface area (Å²) in [6, 6.07) is 15.7. The van der Waals surface area contributed by atoms with Crippen LogP contribution in [0, 0.1) is 11.3 Å². The van der Waals surface area contributed by atoms with Gasteiger partial charge in [-0.2, -0.15) is 9.57 Å². The van der Waals surface area contributed by atoms with Crippen molar-refractivity contribution in [3.63, 3.8) is 0 Å². The van der Waals surface area contributed by atoms with Gasteiger partial charge >= 0.3 is 0 Å². The third-order valence-electron chi connectivity index (χ3n) is 4.82. The van der Waals surface area contributed by atoms with E-state index in [-0.39, 0.29) is 34.3 Å². The summed E-state index contributed by atoms with van der Waals surface area (Å²) in [5.74, 6) is -0.538. The summed E-state index contributed by atoms with van der Waals surface area (Å²) in [6.45, 7) is 1.60. The average Bonchev–Trinajstić information content (AvgIpc) is 2.81. The molecule has 0 bridgehead atoms. The molecule has 168 valence electrons. The van der Waals surface area contributed by atoms with Gasteiger partial charge in [0.25, 0.3) is 5.91 Å². The van der Waals surface area contributed by atoms with E-state index in [1.807, 2.05) is 36.4 Å². The fourth-order valence-corrected chi connectivity index (χ4v) is 4.68. The number of benzene rings is 2. The molecule has 2 aromatic rings. The number of ether oxygens (including phenoxy) is 1. The first kappa shape index (κ1) is 23.8. The Kier molecular flexibility index (Phi) is 8.25. The molecule has 1 amide bonds. The van der Waals surface area contributed by atoms with Crippen molar-refractivity contribution >= 4 is 33.2 Å². The van der Waals surface area contributed by atoms with Gasteiger partial charge in [-0.3, -0.25) is 4.79 Å². The van der Waals surface area contributed by atoms with Crippen LogP contribution in [0.2, 0.25) is 5.02 Å². The predicted octanol–water partition coefficient (Wildman–Crippen LogP) is 2.54. The number of rotatable bonds is 8. The number of halogens is 1. The van der Waals surface area contributed by atoms with Gasteiger partial charge in [0.05, 0.1) is 28.8 Å². The first-order chi connectivity index (χ1) is 15.4. The highest BCUT2D eigenvalue weighted by Crippen LogP contribution is 2.27. The first-order valence-electron chi connectivity index (χ1n) is 9.98. The van der Waals surface area contributed by atoms with E-state index in [1.165, 1.54) is 28.7 Å². The van der Waals surface area contributed by atoms with E-state index in [0.717, 1.165) is 5.56 Å². The van der Waals surface area contributed by atoms with Crippen LogP contribution in [0.15, 0.2) is 65.2 Å². The van der Waals surface area contributed by atoms with Crippen LogP contribution in [0.25, 0.3) is 0 Å². The molecule has 0 aromatic heterocycles. The second-order valence-corrected chi connectivity index (χ2v) is 9.31. The Labute approximate surface area is 192 Å². The molecule has 1 aliphatic heterocycles. The van der Waals surface area contributed by atoms with Crippen LogP contribution in [-0.2, 0) is 26.0 Å². The van der Waals surface area contributed by atoms with Gasteiger partial charge in [-0.15, -0.1) is 0 Å². The lowest BCUT2D eigenvalue weighted by molar-refractivity contribution is -0.117. The van der Waals surface area contributed by atoms with Crippen LogP contribution >= 0.6 is 11.6 Å². The number of morpholine rings is 1. The standard InChI is InChI=1S/C22H23ClN4O4S/c23-20-7-6-19(32(29,30)27-10-12-31-13-11-27)14-21(20)26-16-18(15-24)22(28)25-9-8-17-4-2-1-3-5-17/h1-7,14,16,26H,8-13H2,(H,25,28)/b18-16-. The number of sulfonamides is 1. The zero-order chi connectivity index (χ0) is 23.0. The van der Waals surface area contributed by atoms with Gasteiger partial charge in [0.1, 0.15) is 11.6 Å². The zero-order valence-electron chi connectivity index (χ0n) is 17.3. The maximum Gasteiger partial charge on any atom is 0.263 e. The summed E-state index contributed by atoms with van der Waals surface area (Å²) in [6.07, 6.45) is 1.84. The van der Waals surface area contributed by atoms with Gasteiger partial charge in [0, 0.05) is 25.8 Å². The molecule has 2 aromatic carbocycles. The molecule has 0 radical (unpaired) electrons. The minimum atomic E-state index is -3.71. The van der Waals surface area contributed by atoms with Crippen LogP contribution in [0.5, 0.6) is 0 Å². The summed E-state index contributed by atoms with van der Waals surface area (Å²) < 4.78 is 32.3. The molecule has 10 heteroatoms. The molecule has 8 nitrogen and oxygen atoms in total. The molecule has 1 aliphatic rings. The number of hydrogen-bond donors (Lipinski definition) is 2. The van der Waals surface area contributed by atoms with Gasteiger partial charge in [0.15, 0.2) is 0 Å². The van der Waals surface area contributed by atoms with Gasteiger partial charge in [-0.25, -0.2) is 8.42 Å². The van der Waals surface area contributed by atoms with Crippen molar-refractivity contribution in [2.45, 2.75) is 11.3 Å². The van der Waals surface area contributed by atoms with E-state index in [1.54, 1.807) is 0 Å². The quantitative estimate of drug-likeness (QED) is 0.449. The average molecular weight is 475 g/mol. The Bertz CT molecular complexity index is 1120. The molecule has 1 fully saturated rings. The van der Waals surface area contributed by atoms with Crippen LogP contribution in [0.1, 0.15) is 5.56 Å². The number of nitrogens with one attached hydrogen (secondary N) is 2. The molecule has 0 unspecified atom stereocenters. The van der Waals surface area contributed by atoms with Crippen molar-refractivity contribution in [2.75, 3.05) is 38.2 Å². The molecule has 0 atom stereocenters. The van der Waals surface area contributed by atoms with Crippen molar-refractivity contribution < 1.29 is 17.9 Å². The molecule has 0 saturated carbocycles. The fourth-order valence-electron chi connectivity index (χ4n) is 3.07. The SMILES string of the molecule is N#C/C(=C/Nc1cc(S(=O)(=O)N2CCOCC2)ccc1Cl)C(=O)NCCc1ccccc1. The Morgan fingerprint density at radius 1 is 1.19 bits per heavy atom. The van der Waals surface area contributed by atoms with Gasteiger partial charge < -0.3 is 15.4 Å². The van der Waals surface area contributed by atoms with Crippen LogP contribution < -0.4 is 10.6 Å². The van der Waals surface area contributed by atoms with E-state index in [9.17, 15) is 18.5 Å². The Morgan fingerprint density at radius 2 is 1.91 bits per heavy atom. The van der Waals surface area contributed by atoms with E-state index < -0.39 is 15.9 Å². The van der Waals surface area contributed by atoms with Crippen LogP contribution in [0.3, 0.4) is 0 Å². The predicted molar refractivity (Wildman–Crippen MR) is 122 cm³/mol. The van der Waals surface area contributed by atoms with Gasteiger partial charge in [-0.1, -0.05) is 41.9 Å². The third-order valence-corrected chi connectivity index (χ3v) is 7.05. The summed E-state index contributed by atoms with van der Waals surface area (Å²) in [4.78, 5) is 12.4. The highest BCUT2D eigenvalue weighted by atomic mass is 35.5. The zero-order valence-corrected chi connectivity index (χ0v) is 18.8. The van der Waals surface area contributed by atoms with Crippen molar-refractivity contribution in [3.8, 4) is 6.07 Å². The van der Waals surface area contributed by atoms with Gasteiger partial charge in [0.2, 0.25) is 10.0 Å². The Morgan fingerprint density at radius 3 is 2.59 bits per heavy atom. The van der Waals surface area contributed by atoms with Gasteiger partial charge in [-0.05, 0) is 30.2 Å². The normalized spacial score (nSPS) is 15.1. The Balaban J connectivity index is 1.67. The molecule has 3 rings (SSSR count). The van der Waals surface area contributed by atoms with Crippen molar-refractivity contribution in [1.29, 1.82) is 5.26 Å². The molecule has 32 heavy (non-hydrogen) atoms. The molecule has 1 heterocycles. The molecule has 0 aliphatic carbocycles. The minimum absolute atomic E-state index is 0.0607. The van der Waals surface area contributed by atoms with Crippen molar-refractivity contribution in [1.82, 2.24) is 9.62 Å². The van der Waals surface area contributed by atoms with Crippen LogP contribution in [0.4, 0.5) is 5.69 Å². The summed E-state index contributed by atoms with van der Waals surface area (Å²) in [7, 11) is -3.71. The first-order valence-corrected chi connectivity index (χ1v) is 11.8. The highest BCUT2D eigenvalue weighted by Gasteiger charge is 2.26. The third kappa shape index (κ3) is 6.08. The van der Waals surface area contributed by atoms with Crippen LogP contribution in [-0.4, -0.2) is 51.5 Å². The molecular formula is C22H23ClN4O4S. The second kappa shape index (κ2) is 11.1. The summed E-state index contributed by atoms with van der Waals surface area (Å²) in [5, 5.41) is 15.1. The molecule has 2 N–H and O–H groups in total. The monoisotopic (exact) mass is 474 g/mol. The molecule has 1 saturated heterocycles. The highest BCUT2D eigenvalue weighted by molar-refractivity contribution is 7.89. The Hall–Kier alpha value is -2.90. The number of hydrogen-bond acceptors (Lipinski definition) is 6. The van der Waals surface area contributed by atoms with E-state index in [0.29, 0.717) is 26.2 Å².